The zero-order valence-corrected chi connectivity index (χ0v) is 8.58. The highest BCUT2D eigenvalue weighted by molar-refractivity contribution is 5.92. The maximum Gasteiger partial charge on any atom is 0.227 e. The minimum atomic E-state index is 0.0487. The standard InChI is InChI=1S/C11H16N2O/c1-3-8(2)11(14)13-10-6-4-9(12)5-7-10/h4-8H,3,12H2,1-2H3,(H,13,14)/t8-/m1/s1. The van der Waals surface area contributed by atoms with Gasteiger partial charge in [0.05, 0.1) is 0 Å². The normalized spacial score (nSPS) is 12.1. The second-order valence-corrected chi connectivity index (χ2v) is 3.42. The van der Waals surface area contributed by atoms with E-state index in [4.69, 9.17) is 5.73 Å². The summed E-state index contributed by atoms with van der Waals surface area (Å²) < 4.78 is 0. The molecule has 3 heteroatoms. The number of carbonyl (C=O) groups is 1. The third kappa shape index (κ3) is 2.76. The van der Waals surface area contributed by atoms with Crippen LogP contribution >= 0.6 is 0 Å². The number of anilines is 2. The molecule has 0 aliphatic carbocycles. The van der Waals surface area contributed by atoms with Crippen LogP contribution < -0.4 is 11.1 Å². The molecule has 76 valence electrons. The first-order valence-corrected chi connectivity index (χ1v) is 4.80. The van der Waals surface area contributed by atoms with Gasteiger partial charge in [0.25, 0.3) is 0 Å². The SMILES string of the molecule is CC[C@@H](C)C(=O)Nc1ccc(N)cc1. The topological polar surface area (TPSA) is 55.1 Å². The Bertz CT molecular complexity index is 306. The van der Waals surface area contributed by atoms with Crippen LogP contribution in [0, 0.1) is 5.92 Å². The van der Waals surface area contributed by atoms with Gasteiger partial charge in [-0.1, -0.05) is 13.8 Å². The van der Waals surface area contributed by atoms with Gasteiger partial charge in [0, 0.05) is 17.3 Å². The number of nitrogens with two attached hydrogens (primary N) is 1. The second-order valence-electron chi connectivity index (χ2n) is 3.42. The lowest BCUT2D eigenvalue weighted by Crippen LogP contribution is -2.19. The highest BCUT2D eigenvalue weighted by Crippen LogP contribution is 2.12. The van der Waals surface area contributed by atoms with Crippen molar-refractivity contribution >= 4 is 17.3 Å². The van der Waals surface area contributed by atoms with Gasteiger partial charge in [0.15, 0.2) is 0 Å². The average molecular weight is 192 g/mol. The predicted octanol–water partition coefficient (Wildman–Crippen LogP) is 2.25. The zero-order valence-electron chi connectivity index (χ0n) is 8.58. The van der Waals surface area contributed by atoms with Crippen LogP contribution in [-0.4, -0.2) is 5.91 Å². The van der Waals surface area contributed by atoms with Gasteiger partial charge in [-0.3, -0.25) is 4.79 Å². The van der Waals surface area contributed by atoms with Gasteiger partial charge in [-0.25, -0.2) is 0 Å². The van der Waals surface area contributed by atoms with Crippen LogP contribution in [0.3, 0.4) is 0 Å². The van der Waals surface area contributed by atoms with E-state index in [1.165, 1.54) is 0 Å². The lowest BCUT2D eigenvalue weighted by Gasteiger charge is -2.09. The molecule has 0 heterocycles. The number of rotatable bonds is 3. The Kier molecular flexibility index (Phi) is 3.51. The molecule has 0 bridgehead atoms. The average Bonchev–Trinajstić information content (AvgIpc) is 2.20. The first kappa shape index (κ1) is 10.6. The number of amides is 1. The highest BCUT2D eigenvalue weighted by atomic mass is 16.1. The van der Waals surface area contributed by atoms with Crippen LogP contribution in [0.5, 0.6) is 0 Å². The molecule has 0 spiro atoms. The van der Waals surface area contributed by atoms with Crippen LogP contribution in [0.25, 0.3) is 0 Å². The molecule has 0 unspecified atom stereocenters. The Morgan fingerprint density at radius 2 is 2.00 bits per heavy atom. The Morgan fingerprint density at radius 1 is 1.43 bits per heavy atom. The first-order chi connectivity index (χ1) is 6.63. The van der Waals surface area contributed by atoms with E-state index in [1.54, 1.807) is 24.3 Å². The van der Waals surface area contributed by atoms with E-state index in [-0.39, 0.29) is 11.8 Å². The molecule has 0 aromatic heterocycles. The van der Waals surface area contributed by atoms with Gasteiger partial charge in [-0.2, -0.15) is 0 Å². The van der Waals surface area contributed by atoms with E-state index in [2.05, 4.69) is 5.32 Å². The Labute approximate surface area is 84.3 Å². The molecule has 1 rings (SSSR count). The monoisotopic (exact) mass is 192 g/mol. The molecular formula is C11H16N2O. The lowest BCUT2D eigenvalue weighted by atomic mass is 10.1. The molecule has 0 saturated carbocycles. The Balaban J connectivity index is 2.60. The number of nitrogens with one attached hydrogen (secondary N) is 1. The van der Waals surface area contributed by atoms with Crippen LogP contribution in [0.1, 0.15) is 20.3 Å². The minimum Gasteiger partial charge on any atom is -0.399 e. The van der Waals surface area contributed by atoms with Crippen LogP contribution in [0.4, 0.5) is 11.4 Å². The largest absolute Gasteiger partial charge is 0.399 e. The van der Waals surface area contributed by atoms with E-state index in [9.17, 15) is 4.79 Å². The summed E-state index contributed by atoms with van der Waals surface area (Å²) in [6.07, 6.45) is 0.848. The van der Waals surface area contributed by atoms with Crippen molar-refractivity contribution in [3.63, 3.8) is 0 Å². The Hall–Kier alpha value is -1.51. The summed E-state index contributed by atoms with van der Waals surface area (Å²) in [7, 11) is 0. The van der Waals surface area contributed by atoms with Crippen molar-refractivity contribution in [2.75, 3.05) is 11.1 Å². The van der Waals surface area contributed by atoms with Crippen LogP contribution in [0.15, 0.2) is 24.3 Å². The molecule has 3 nitrogen and oxygen atoms in total. The zero-order chi connectivity index (χ0) is 10.6. The molecule has 0 aliphatic heterocycles. The highest BCUT2D eigenvalue weighted by Gasteiger charge is 2.09. The number of nitrogen functional groups attached to an aromatic ring is 1. The number of carbonyl (C=O) groups excluding carboxylic acids is 1. The van der Waals surface area contributed by atoms with E-state index < -0.39 is 0 Å². The molecule has 1 amide bonds. The van der Waals surface area contributed by atoms with Gasteiger partial charge < -0.3 is 11.1 Å². The van der Waals surface area contributed by atoms with Crippen molar-refractivity contribution < 1.29 is 4.79 Å². The molecule has 3 N–H and O–H groups in total. The van der Waals surface area contributed by atoms with Crippen molar-refractivity contribution in [2.24, 2.45) is 5.92 Å². The fourth-order valence-electron chi connectivity index (χ4n) is 1.02. The van der Waals surface area contributed by atoms with Crippen LogP contribution in [0.2, 0.25) is 0 Å². The molecule has 1 atom stereocenters. The van der Waals surface area contributed by atoms with Crippen molar-refractivity contribution in [1.29, 1.82) is 0 Å². The van der Waals surface area contributed by atoms with E-state index in [0.29, 0.717) is 5.69 Å². The summed E-state index contributed by atoms with van der Waals surface area (Å²) in [5, 5.41) is 2.83. The lowest BCUT2D eigenvalue weighted by molar-refractivity contribution is -0.119. The molecule has 0 saturated heterocycles. The summed E-state index contributed by atoms with van der Waals surface area (Å²) in [6.45, 7) is 3.90. The molecule has 0 radical (unpaired) electrons. The smallest absolute Gasteiger partial charge is 0.227 e. The maximum atomic E-state index is 11.5. The fraction of sp³-hybridized carbons (Fsp3) is 0.364. The molecular weight excluding hydrogens is 176 g/mol. The van der Waals surface area contributed by atoms with Crippen molar-refractivity contribution in [1.82, 2.24) is 0 Å². The summed E-state index contributed by atoms with van der Waals surface area (Å²) in [6, 6.07) is 7.14. The maximum absolute atomic E-state index is 11.5. The summed E-state index contributed by atoms with van der Waals surface area (Å²) >= 11 is 0. The first-order valence-electron chi connectivity index (χ1n) is 4.80. The quantitative estimate of drug-likeness (QED) is 0.722. The molecule has 1 aromatic rings. The number of hydrogen-bond donors (Lipinski definition) is 2. The number of benzene rings is 1. The van der Waals surface area contributed by atoms with Gasteiger partial charge >= 0.3 is 0 Å². The van der Waals surface area contributed by atoms with Gasteiger partial charge in [-0.15, -0.1) is 0 Å². The van der Waals surface area contributed by atoms with E-state index in [1.807, 2.05) is 13.8 Å². The van der Waals surface area contributed by atoms with Crippen molar-refractivity contribution in [3.05, 3.63) is 24.3 Å². The number of hydrogen-bond acceptors (Lipinski definition) is 2. The summed E-state index contributed by atoms with van der Waals surface area (Å²) in [5.41, 5.74) is 7.03. The third-order valence-corrected chi connectivity index (χ3v) is 2.24. The van der Waals surface area contributed by atoms with Gasteiger partial charge in [0.2, 0.25) is 5.91 Å². The summed E-state index contributed by atoms with van der Waals surface area (Å²) in [4.78, 5) is 11.5. The molecule has 0 fully saturated rings. The van der Waals surface area contributed by atoms with Crippen LogP contribution in [-0.2, 0) is 4.79 Å². The van der Waals surface area contributed by atoms with Gasteiger partial charge in [0.1, 0.15) is 0 Å². The predicted molar refractivity (Wildman–Crippen MR) is 58.9 cm³/mol. The molecule has 0 aliphatic rings. The van der Waals surface area contributed by atoms with Crippen molar-refractivity contribution in [3.8, 4) is 0 Å². The molecule has 14 heavy (non-hydrogen) atoms. The van der Waals surface area contributed by atoms with Gasteiger partial charge in [-0.05, 0) is 30.7 Å². The van der Waals surface area contributed by atoms with E-state index >= 15 is 0 Å². The summed E-state index contributed by atoms with van der Waals surface area (Å²) in [5.74, 6) is 0.102. The third-order valence-electron chi connectivity index (χ3n) is 2.24. The Morgan fingerprint density at radius 3 is 2.50 bits per heavy atom. The van der Waals surface area contributed by atoms with E-state index in [0.717, 1.165) is 12.1 Å². The fourth-order valence-corrected chi connectivity index (χ4v) is 1.02. The minimum absolute atomic E-state index is 0.0487. The second kappa shape index (κ2) is 4.65. The molecule has 1 aromatic carbocycles. The van der Waals surface area contributed by atoms with Crippen molar-refractivity contribution in [2.45, 2.75) is 20.3 Å².